The van der Waals surface area contributed by atoms with Crippen LogP contribution in [0, 0.1) is 13.8 Å². The van der Waals surface area contributed by atoms with Crippen LogP contribution in [-0.4, -0.2) is 21.8 Å². The van der Waals surface area contributed by atoms with Crippen LogP contribution in [0.4, 0.5) is 5.69 Å². The molecule has 0 spiro atoms. The van der Waals surface area contributed by atoms with Gasteiger partial charge in [-0.25, -0.2) is 0 Å². The van der Waals surface area contributed by atoms with Crippen LogP contribution >= 0.6 is 12.2 Å². The Morgan fingerprint density at radius 2 is 1.70 bits per heavy atom. The number of methoxy groups -OCH3 is 1. The molecule has 0 saturated carbocycles. The van der Waals surface area contributed by atoms with Gasteiger partial charge in [-0.1, -0.05) is 24.3 Å². The summed E-state index contributed by atoms with van der Waals surface area (Å²) >= 11 is 5.90. The van der Waals surface area contributed by atoms with Gasteiger partial charge in [0.1, 0.15) is 11.8 Å². The predicted octanol–water partition coefficient (Wildman–Crippen LogP) is 5.67. The Morgan fingerprint density at radius 1 is 0.939 bits per heavy atom. The van der Waals surface area contributed by atoms with Gasteiger partial charge in [-0.3, -0.25) is 4.98 Å². The van der Waals surface area contributed by atoms with Crippen LogP contribution < -0.4 is 15.0 Å². The number of thiocarbonyl (C=S) groups is 1. The van der Waals surface area contributed by atoms with E-state index in [4.69, 9.17) is 17.0 Å². The van der Waals surface area contributed by atoms with E-state index in [9.17, 15) is 0 Å². The van der Waals surface area contributed by atoms with Crippen molar-refractivity contribution in [3.8, 4) is 11.4 Å². The second kappa shape index (κ2) is 8.71. The van der Waals surface area contributed by atoms with E-state index in [-0.39, 0.29) is 12.1 Å². The third-order valence-electron chi connectivity index (χ3n) is 6.01. The maximum absolute atomic E-state index is 5.90. The molecule has 1 fully saturated rings. The number of aryl methyl sites for hydroxylation is 2. The van der Waals surface area contributed by atoms with Crippen LogP contribution in [0.25, 0.3) is 5.69 Å². The minimum absolute atomic E-state index is 0.103. The molecular formula is C27H26N4OS. The Balaban J connectivity index is 1.70. The molecule has 5 rings (SSSR count). The van der Waals surface area contributed by atoms with Crippen LogP contribution in [0.2, 0.25) is 0 Å². The standard InChI is InChI=1S/C27H26N4OS/c1-18-15-19(2)17-20(16-18)31-26(25(29-27(31)33)21-9-6-7-13-28-21)23-11-8-14-30(23)22-10-4-5-12-24(22)32-3/h4-17,25-26H,1-3H3,(H,29,33)/t25-,26+/m1/s1. The van der Waals surface area contributed by atoms with Gasteiger partial charge in [0.2, 0.25) is 0 Å². The number of aromatic nitrogens is 2. The second-order valence-electron chi connectivity index (χ2n) is 8.32. The molecule has 0 unspecified atom stereocenters. The van der Waals surface area contributed by atoms with Gasteiger partial charge in [0.25, 0.3) is 0 Å². The summed E-state index contributed by atoms with van der Waals surface area (Å²) in [5.74, 6) is 0.816. The summed E-state index contributed by atoms with van der Waals surface area (Å²) in [6, 6.07) is 24.6. The Morgan fingerprint density at radius 3 is 2.42 bits per heavy atom. The van der Waals surface area contributed by atoms with E-state index >= 15 is 0 Å². The average molecular weight is 455 g/mol. The number of rotatable bonds is 5. The summed E-state index contributed by atoms with van der Waals surface area (Å²) in [5.41, 5.74) is 6.51. The number of para-hydroxylation sites is 2. The molecule has 2 atom stereocenters. The molecule has 3 heterocycles. The van der Waals surface area contributed by atoms with E-state index in [2.05, 4.69) is 82.3 Å². The smallest absolute Gasteiger partial charge is 0.174 e. The largest absolute Gasteiger partial charge is 0.495 e. The van der Waals surface area contributed by atoms with Crippen LogP contribution in [0.3, 0.4) is 0 Å². The number of nitrogens with zero attached hydrogens (tertiary/aromatic N) is 3. The molecule has 1 N–H and O–H groups in total. The average Bonchev–Trinajstić information content (AvgIpc) is 3.43. The summed E-state index contributed by atoms with van der Waals surface area (Å²) in [4.78, 5) is 6.89. The van der Waals surface area contributed by atoms with E-state index in [0.29, 0.717) is 5.11 Å². The molecule has 0 radical (unpaired) electrons. The van der Waals surface area contributed by atoms with Gasteiger partial charge in [0.05, 0.1) is 24.5 Å². The molecule has 6 heteroatoms. The summed E-state index contributed by atoms with van der Waals surface area (Å²) in [5, 5.41) is 4.24. The molecule has 5 nitrogen and oxygen atoms in total. The predicted molar refractivity (Wildman–Crippen MR) is 136 cm³/mol. The Hall–Kier alpha value is -3.64. The van der Waals surface area contributed by atoms with Gasteiger partial charge in [-0.05, 0) is 85.7 Å². The third kappa shape index (κ3) is 3.87. The van der Waals surface area contributed by atoms with Gasteiger partial charge in [-0.15, -0.1) is 0 Å². The van der Waals surface area contributed by atoms with Crippen LogP contribution in [0.15, 0.2) is 85.2 Å². The fourth-order valence-corrected chi connectivity index (χ4v) is 5.05. The Bertz CT molecular complexity index is 1280. The van der Waals surface area contributed by atoms with Crippen molar-refractivity contribution in [3.05, 3.63) is 108 Å². The number of benzene rings is 2. The van der Waals surface area contributed by atoms with Gasteiger partial charge in [0.15, 0.2) is 5.11 Å². The van der Waals surface area contributed by atoms with Crippen molar-refractivity contribution in [2.24, 2.45) is 0 Å². The van der Waals surface area contributed by atoms with Gasteiger partial charge in [-0.2, -0.15) is 0 Å². The number of anilines is 1. The van der Waals surface area contributed by atoms with Crippen molar-refractivity contribution in [2.45, 2.75) is 25.9 Å². The fraction of sp³-hybridized carbons (Fsp3) is 0.185. The molecule has 33 heavy (non-hydrogen) atoms. The van der Waals surface area contributed by atoms with Crippen LogP contribution in [0.5, 0.6) is 5.75 Å². The van der Waals surface area contributed by atoms with Crippen molar-refractivity contribution >= 4 is 23.0 Å². The number of hydrogen-bond acceptors (Lipinski definition) is 3. The molecule has 2 aromatic carbocycles. The Labute approximate surface area is 199 Å². The third-order valence-corrected chi connectivity index (χ3v) is 6.33. The van der Waals surface area contributed by atoms with Crippen LogP contribution in [-0.2, 0) is 0 Å². The first-order valence-electron chi connectivity index (χ1n) is 11.0. The summed E-state index contributed by atoms with van der Waals surface area (Å²) in [7, 11) is 1.70. The van der Waals surface area contributed by atoms with E-state index in [0.717, 1.165) is 28.5 Å². The molecule has 166 valence electrons. The van der Waals surface area contributed by atoms with Gasteiger partial charge < -0.3 is 19.5 Å². The molecule has 0 bridgehead atoms. The lowest BCUT2D eigenvalue weighted by atomic mass is 10.00. The first-order valence-corrected chi connectivity index (χ1v) is 11.4. The maximum atomic E-state index is 5.90. The number of nitrogens with one attached hydrogen (secondary N) is 1. The normalized spacial score (nSPS) is 17.8. The highest BCUT2D eigenvalue weighted by Crippen LogP contribution is 2.43. The van der Waals surface area contributed by atoms with E-state index in [1.54, 1.807) is 7.11 Å². The molecule has 0 aliphatic carbocycles. The highest BCUT2D eigenvalue weighted by atomic mass is 32.1. The van der Waals surface area contributed by atoms with E-state index < -0.39 is 0 Å². The molecule has 1 saturated heterocycles. The maximum Gasteiger partial charge on any atom is 0.174 e. The molecule has 4 aromatic rings. The van der Waals surface area contributed by atoms with Gasteiger partial charge in [0, 0.05) is 23.8 Å². The zero-order chi connectivity index (χ0) is 22.9. The highest BCUT2D eigenvalue weighted by molar-refractivity contribution is 7.80. The Kier molecular flexibility index (Phi) is 5.60. The van der Waals surface area contributed by atoms with Crippen molar-refractivity contribution in [1.29, 1.82) is 0 Å². The molecule has 2 aromatic heterocycles. The quantitative estimate of drug-likeness (QED) is 0.393. The van der Waals surface area contributed by atoms with Crippen molar-refractivity contribution in [3.63, 3.8) is 0 Å². The lowest BCUT2D eigenvalue weighted by Crippen LogP contribution is -2.30. The summed E-state index contributed by atoms with van der Waals surface area (Å²) < 4.78 is 7.86. The van der Waals surface area contributed by atoms with Crippen molar-refractivity contribution in [1.82, 2.24) is 14.9 Å². The minimum atomic E-state index is -0.108. The summed E-state index contributed by atoms with van der Waals surface area (Å²) in [6.07, 6.45) is 3.90. The number of hydrogen-bond donors (Lipinski definition) is 1. The lowest BCUT2D eigenvalue weighted by Gasteiger charge is -2.29. The zero-order valence-corrected chi connectivity index (χ0v) is 19.7. The topological polar surface area (TPSA) is 42.3 Å². The molecule has 0 amide bonds. The zero-order valence-electron chi connectivity index (χ0n) is 18.9. The van der Waals surface area contributed by atoms with Crippen molar-refractivity contribution < 1.29 is 4.74 Å². The molecular weight excluding hydrogens is 428 g/mol. The first-order chi connectivity index (χ1) is 16.1. The van der Waals surface area contributed by atoms with Crippen LogP contribution in [0.1, 0.15) is 34.6 Å². The fourth-order valence-electron chi connectivity index (χ4n) is 4.71. The number of ether oxygens (including phenoxy) is 1. The van der Waals surface area contributed by atoms with Gasteiger partial charge >= 0.3 is 0 Å². The monoisotopic (exact) mass is 454 g/mol. The van der Waals surface area contributed by atoms with E-state index in [1.165, 1.54) is 11.1 Å². The summed E-state index contributed by atoms with van der Waals surface area (Å²) in [6.45, 7) is 4.23. The first kappa shape index (κ1) is 21.2. The molecule has 1 aliphatic rings. The number of pyridine rings is 1. The van der Waals surface area contributed by atoms with E-state index in [1.807, 2.05) is 36.5 Å². The minimum Gasteiger partial charge on any atom is -0.495 e. The van der Waals surface area contributed by atoms with Crippen molar-refractivity contribution in [2.75, 3.05) is 12.0 Å². The SMILES string of the molecule is COc1ccccc1-n1cccc1[C@H]1[C@@H](c2ccccn2)NC(=S)N1c1cc(C)cc(C)c1. The lowest BCUT2D eigenvalue weighted by molar-refractivity contribution is 0.412. The second-order valence-corrected chi connectivity index (χ2v) is 8.70. The highest BCUT2D eigenvalue weighted by Gasteiger charge is 2.42. The molecule has 1 aliphatic heterocycles.